The summed E-state index contributed by atoms with van der Waals surface area (Å²) in [5.74, 6) is -1.22. The fourth-order valence-corrected chi connectivity index (χ4v) is 1.32. The Morgan fingerprint density at radius 2 is 2.00 bits per heavy atom. The first-order valence-electron chi connectivity index (χ1n) is 5.78. The molecule has 1 heterocycles. The zero-order valence-electron chi connectivity index (χ0n) is 10.6. The summed E-state index contributed by atoms with van der Waals surface area (Å²) in [7, 11) is 0. The van der Waals surface area contributed by atoms with Gasteiger partial charge in [-0.05, 0) is 19.4 Å². The van der Waals surface area contributed by atoms with Crippen molar-refractivity contribution in [3.63, 3.8) is 0 Å². The summed E-state index contributed by atoms with van der Waals surface area (Å²) < 4.78 is 48.1. The van der Waals surface area contributed by atoms with Crippen molar-refractivity contribution in [2.45, 2.75) is 26.4 Å². The standard InChI is InChI=1S/C12H14F3NO3/c1-3-7-19-9-6-5-8(11(17)18-4-2)10(16-9)12(13,14)15/h5-6H,3-4,7H2,1-2H3. The number of hydrogen-bond donors (Lipinski definition) is 0. The van der Waals surface area contributed by atoms with E-state index in [-0.39, 0.29) is 19.1 Å². The van der Waals surface area contributed by atoms with Crippen LogP contribution in [0.2, 0.25) is 0 Å². The summed E-state index contributed by atoms with van der Waals surface area (Å²) in [6.45, 7) is 3.57. The van der Waals surface area contributed by atoms with Crippen LogP contribution >= 0.6 is 0 Å². The average Bonchev–Trinajstić information content (AvgIpc) is 2.35. The van der Waals surface area contributed by atoms with Crippen LogP contribution in [0.5, 0.6) is 5.88 Å². The Morgan fingerprint density at radius 3 is 2.53 bits per heavy atom. The Hall–Kier alpha value is -1.79. The zero-order chi connectivity index (χ0) is 14.5. The van der Waals surface area contributed by atoms with E-state index in [1.165, 1.54) is 13.0 Å². The van der Waals surface area contributed by atoms with Crippen molar-refractivity contribution >= 4 is 5.97 Å². The first kappa shape index (κ1) is 15.3. The normalized spacial score (nSPS) is 11.2. The van der Waals surface area contributed by atoms with Crippen molar-refractivity contribution < 1.29 is 27.4 Å². The molecule has 0 saturated heterocycles. The number of carbonyl (C=O) groups excluding carboxylic acids is 1. The molecule has 1 rings (SSSR count). The number of pyridine rings is 1. The van der Waals surface area contributed by atoms with Crippen molar-refractivity contribution in [3.05, 3.63) is 23.4 Å². The van der Waals surface area contributed by atoms with E-state index in [0.717, 1.165) is 6.07 Å². The molecule has 0 unspecified atom stereocenters. The Balaban J connectivity index is 3.13. The zero-order valence-corrected chi connectivity index (χ0v) is 10.6. The molecule has 4 nitrogen and oxygen atoms in total. The first-order valence-corrected chi connectivity index (χ1v) is 5.78. The Kier molecular flexibility index (Phi) is 5.14. The third-order valence-electron chi connectivity index (χ3n) is 2.09. The predicted molar refractivity (Wildman–Crippen MR) is 61.0 cm³/mol. The van der Waals surface area contributed by atoms with E-state index in [1.54, 1.807) is 0 Å². The predicted octanol–water partition coefficient (Wildman–Crippen LogP) is 3.07. The molecular weight excluding hydrogens is 263 g/mol. The van der Waals surface area contributed by atoms with Gasteiger partial charge in [-0.3, -0.25) is 0 Å². The van der Waals surface area contributed by atoms with Gasteiger partial charge < -0.3 is 9.47 Å². The maximum absolute atomic E-state index is 12.8. The quantitative estimate of drug-likeness (QED) is 0.776. The monoisotopic (exact) mass is 277 g/mol. The number of aromatic nitrogens is 1. The van der Waals surface area contributed by atoms with Crippen LogP contribution in [0.3, 0.4) is 0 Å². The molecule has 0 atom stereocenters. The number of carbonyl (C=O) groups is 1. The maximum atomic E-state index is 12.8. The molecule has 19 heavy (non-hydrogen) atoms. The molecule has 0 aliphatic carbocycles. The molecule has 0 aliphatic heterocycles. The number of nitrogens with zero attached hydrogens (tertiary/aromatic N) is 1. The highest BCUT2D eigenvalue weighted by atomic mass is 19.4. The third kappa shape index (κ3) is 4.11. The summed E-state index contributed by atoms with van der Waals surface area (Å²) >= 11 is 0. The van der Waals surface area contributed by atoms with E-state index in [1.807, 2.05) is 6.92 Å². The highest BCUT2D eigenvalue weighted by molar-refractivity contribution is 5.90. The molecular formula is C12H14F3NO3. The highest BCUT2D eigenvalue weighted by Gasteiger charge is 2.38. The summed E-state index contributed by atoms with van der Waals surface area (Å²) in [5.41, 5.74) is -1.90. The minimum Gasteiger partial charge on any atom is -0.478 e. The van der Waals surface area contributed by atoms with E-state index < -0.39 is 23.4 Å². The van der Waals surface area contributed by atoms with Gasteiger partial charge in [0.15, 0.2) is 5.69 Å². The topological polar surface area (TPSA) is 48.4 Å². The lowest BCUT2D eigenvalue weighted by molar-refractivity contribution is -0.142. The maximum Gasteiger partial charge on any atom is 0.434 e. The molecule has 0 amide bonds. The van der Waals surface area contributed by atoms with Crippen molar-refractivity contribution in [1.82, 2.24) is 4.98 Å². The molecule has 0 saturated carbocycles. The van der Waals surface area contributed by atoms with Gasteiger partial charge in [-0.1, -0.05) is 6.92 Å². The molecule has 0 aliphatic rings. The van der Waals surface area contributed by atoms with Crippen molar-refractivity contribution in [1.29, 1.82) is 0 Å². The molecule has 7 heteroatoms. The summed E-state index contributed by atoms with van der Waals surface area (Å²) in [4.78, 5) is 14.8. The number of ether oxygens (including phenoxy) is 2. The van der Waals surface area contributed by atoms with Crippen LogP contribution < -0.4 is 4.74 Å². The van der Waals surface area contributed by atoms with Gasteiger partial charge in [-0.15, -0.1) is 0 Å². The second-order valence-corrected chi connectivity index (χ2v) is 3.61. The van der Waals surface area contributed by atoms with E-state index >= 15 is 0 Å². The second-order valence-electron chi connectivity index (χ2n) is 3.61. The summed E-state index contributed by atoms with van der Waals surface area (Å²) in [6, 6.07) is 2.23. The van der Waals surface area contributed by atoms with Crippen LogP contribution in [0.1, 0.15) is 36.3 Å². The highest BCUT2D eigenvalue weighted by Crippen LogP contribution is 2.32. The lowest BCUT2D eigenvalue weighted by Crippen LogP contribution is -2.17. The van der Waals surface area contributed by atoms with Gasteiger partial charge in [-0.2, -0.15) is 13.2 Å². The molecule has 0 fully saturated rings. The van der Waals surface area contributed by atoms with Gasteiger partial charge in [0.05, 0.1) is 18.8 Å². The second kappa shape index (κ2) is 6.40. The minimum absolute atomic E-state index is 0.00971. The van der Waals surface area contributed by atoms with Gasteiger partial charge in [-0.25, -0.2) is 9.78 Å². The van der Waals surface area contributed by atoms with Crippen molar-refractivity contribution in [2.75, 3.05) is 13.2 Å². The fraction of sp³-hybridized carbons (Fsp3) is 0.500. The van der Waals surface area contributed by atoms with Crippen LogP contribution in [-0.4, -0.2) is 24.2 Å². The molecule has 1 aromatic heterocycles. The van der Waals surface area contributed by atoms with E-state index in [2.05, 4.69) is 9.72 Å². The van der Waals surface area contributed by atoms with Crippen LogP contribution in [-0.2, 0) is 10.9 Å². The molecule has 1 aromatic rings. The molecule has 106 valence electrons. The van der Waals surface area contributed by atoms with Gasteiger partial charge >= 0.3 is 12.1 Å². The SMILES string of the molecule is CCCOc1ccc(C(=O)OCC)c(C(F)(F)F)n1. The number of halogens is 3. The molecule has 0 radical (unpaired) electrons. The molecule has 0 bridgehead atoms. The van der Waals surface area contributed by atoms with Crippen LogP contribution in [0.15, 0.2) is 12.1 Å². The van der Waals surface area contributed by atoms with E-state index in [0.29, 0.717) is 6.42 Å². The summed E-state index contributed by atoms with van der Waals surface area (Å²) in [5, 5.41) is 0. The molecule has 0 aromatic carbocycles. The van der Waals surface area contributed by atoms with Gasteiger partial charge in [0.25, 0.3) is 0 Å². The largest absolute Gasteiger partial charge is 0.478 e. The Labute approximate surface area is 108 Å². The average molecular weight is 277 g/mol. The minimum atomic E-state index is -4.74. The lowest BCUT2D eigenvalue weighted by Gasteiger charge is -2.12. The van der Waals surface area contributed by atoms with Gasteiger partial charge in [0.1, 0.15) is 0 Å². The van der Waals surface area contributed by atoms with Crippen LogP contribution in [0.25, 0.3) is 0 Å². The number of esters is 1. The Morgan fingerprint density at radius 1 is 1.32 bits per heavy atom. The lowest BCUT2D eigenvalue weighted by atomic mass is 10.2. The first-order chi connectivity index (χ1) is 8.90. The number of alkyl halides is 3. The molecule has 0 N–H and O–H groups in total. The van der Waals surface area contributed by atoms with Crippen LogP contribution in [0, 0.1) is 0 Å². The number of hydrogen-bond acceptors (Lipinski definition) is 4. The Bertz CT molecular complexity index is 446. The summed E-state index contributed by atoms with van der Waals surface area (Å²) in [6.07, 6.45) is -4.10. The van der Waals surface area contributed by atoms with Gasteiger partial charge in [0, 0.05) is 6.07 Å². The van der Waals surface area contributed by atoms with E-state index in [4.69, 9.17) is 4.74 Å². The number of rotatable bonds is 5. The smallest absolute Gasteiger partial charge is 0.434 e. The van der Waals surface area contributed by atoms with Crippen molar-refractivity contribution in [2.24, 2.45) is 0 Å². The van der Waals surface area contributed by atoms with Crippen LogP contribution in [0.4, 0.5) is 13.2 Å². The molecule has 0 spiro atoms. The fourth-order valence-electron chi connectivity index (χ4n) is 1.32. The third-order valence-corrected chi connectivity index (χ3v) is 2.09. The van der Waals surface area contributed by atoms with Crippen molar-refractivity contribution in [3.8, 4) is 5.88 Å². The van der Waals surface area contributed by atoms with E-state index in [9.17, 15) is 18.0 Å². The van der Waals surface area contributed by atoms with Gasteiger partial charge in [0.2, 0.25) is 5.88 Å².